The van der Waals surface area contributed by atoms with Gasteiger partial charge in [-0.05, 0) is 47.2 Å². The second-order valence-electron chi connectivity index (χ2n) is 6.95. The zero-order valence-corrected chi connectivity index (χ0v) is 17.6. The summed E-state index contributed by atoms with van der Waals surface area (Å²) in [5.41, 5.74) is 10.1. The number of amides is 4. The lowest BCUT2D eigenvalue weighted by Crippen LogP contribution is -2.42. The third-order valence-corrected chi connectivity index (χ3v) is 4.79. The Morgan fingerprint density at radius 3 is 1.24 bits per heavy atom. The van der Waals surface area contributed by atoms with Gasteiger partial charge in [0.1, 0.15) is 11.4 Å². The van der Waals surface area contributed by atoms with Crippen molar-refractivity contribution in [2.24, 2.45) is 0 Å². The van der Waals surface area contributed by atoms with Gasteiger partial charge < -0.3 is 0 Å². The minimum absolute atomic E-state index is 0.146. The molecule has 0 fully saturated rings. The number of fused-ring (bicyclic) bond motifs is 1. The molecule has 0 bridgehead atoms. The van der Waals surface area contributed by atoms with E-state index in [1.165, 1.54) is 36.7 Å². The number of hydrogen-bond donors (Lipinski definition) is 4. The minimum atomic E-state index is -0.573. The number of pyridine rings is 2. The highest BCUT2D eigenvalue weighted by molar-refractivity contribution is 6.14. The van der Waals surface area contributed by atoms with E-state index in [4.69, 9.17) is 0 Å². The maximum atomic E-state index is 12.7. The molecule has 10 nitrogen and oxygen atoms in total. The monoisotopic (exact) mass is 454 g/mol. The molecule has 2 aromatic heterocycles. The molecule has 0 atom stereocenters. The average molecular weight is 454 g/mol. The number of rotatable bonds is 4. The quantitative estimate of drug-likeness (QED) is 0.346. The van der Waals surface area contributed by atoms with Gasteiger partial charge in [0.15, 0.2) is 0 Å². The van der Waals surface area contributed by atoms with E-state index >= 15 is 0 Å². The van der Waals surface area contributed by atoms with E-state index in [-0.39, 0.29) is 22.5 Å². The van der Waals surface area contributed by atoms with Crippen LogP contribution in [0.3, 0.4) is 0 Å². The summed E-state index contributed by atoms with van der Waals surface area (Å²) < 4.78 is 0. The van der Waals surface area contributed by atoms with E-state index in [2.05, 4.69) is 31.7 Å². The Hall–Kier alpha value is -5.12. The Morgan fingerprint density at radius 2 is 0.853 bits per heavy atom. The number of carbonyl (C=O) groups excluding carboxylic acids is 4. The van der Waals surface area contributed by atoms with Crippen LogP contribution in [0, 0.1) is 0 Å². The largest absolute Gasteiger partial charge is 0.288 e. The summed E-state index contributed by atoms with van der Waals surface area (Å²) in [7, 11) is 0. The maximum absolute atomic E-state index is 12.7. The number of nitrogens with one attached hydrogen (secondary N) is 4. The van der Waals surface area contributed by atoms with Crippen molar-refractivity contribution in [3.05, 3.63) is 108 Å². The molecule has 4 aromatic rings. The molecule has 4 N–H and O–H groups in total. The first-order valence-corrected chi connectivity index (χ1v) is 10.1. The van der Waals surface area contributed by atoms with Gasteiger partial charge in [0.05, 0.1) is 0 Å². The molecular weight excluding hydrogens is 436 g/mol. The topological polar surface area (TPSA) is 142 Å². The molecule has 0 unspecified atom stereocenters. The third-order valence-electron chi connectivity index (χ3n) is 4.79. The van der Waals surface area contributed by atoms with Crippen LogP contribution in [0.15, 0.2) is 85.2 Å². The van der Waals surface area contributed by atoms with Crippen molar-refractivity contribution in [3.63, 3.8) is 0 Å². The number of benzene rings is 2. The minimum Gasteiger partial charge on any atom is -0.267 e. The Morgan fingerprint density at radius 1 is 0.471 bits per heavy atom. The fraction of sp³-hybridized carbons (Fsp3) is 0. The van der Waals surface area contributed by atoms with E-state index in [9.17, 15) is 19.2 Å². The maximum Gasteiger partial charge on any atom is 0.288 e. The van der Waals surface area contributed by atoms with Gasteiger partial charge in [-0.2, -0.15) is 0 Å². The first-order chi connectivity index (χ1) is 16.5. The summed E-state index contributed by atoms with van der Waals surface area (Å²) in [6, 6.07) is 19.4. The molecule has 0 aliphatic rings. The lowest BCUT2D eigenvalue weighted by atomic mass is 9.99. The average Bonchev–Trinajstić information content (AvgIpc) is 2.90. The molecule has 4 amide bonds. The highest BCUT2D eigenvalue weighted by Gasteiger charge is 2.18. The Balaban J connectivity index is 1.49. The molecular formula is C24H18N6O4. The van der Waals surface area contributed by atoms with Crippen molar-refractivity contribution >= 4 is 34.4 Å². The Kier molecular flexibility index (Phi) is 6.50. The van der Waals surface area contributed by atoms with Crippen LogP contribution in [0.1, 0.15) is 41.7 Å². The summed E-state index contributed by atoms with van der Waals surface area (Å²) in [5, 5.41) is 0.964. The van der Waals surface area contributed by atoms with Crippen LogP contribution in [-0.2, 0) is 0 Å². The Labute approximate surface area is 193 Å². The molecule has 4 rings (SSSR count). The molecule has 2 aromatic carbocycles. The van der Waals surface area contributed by atoms with Crippen LogP contribution in [0.5, 0.6) is 0 Å². The van der Waals surface area contributed by atoms with Crippen molar-refractivity contribution < 1.29 is 19.2 Å². The van der Waals surface area contributed by atoms with E-state index in [0.717, 1.165) is 0 Å². The molecule has 168 valence electrons. The molecule has 0 saturated heterocycles. The van der Waals surface area contributed by atoms with Crippen LogP contribution in [0.25, 0.3) is 10.8 Å². The third kappa shape index (κ3) is 4.86. The summed E-state index contributed by atoms with van der Waals surface area (Å²) >= 11 is 0. The summed E-state index contributed by atoms with van der Waals surface area (Å²) in [6.07, 6.45) is 2.93. The fourth-order valence-electron chi connectivity index (χ4n) is 3.18. The summed E-state index contributed by atoms with van der Waals surface area (Å²) in [6.45, 7) is 0. The molecule has 10 heteroatoms. The summed E-state index contributed by atoms with van der Waals surface area (Å²) in [4.78, 5) is 57.6. The van der Waals surface area contributed by atoms with Crippen molar-refractivity contribution in [2.75, 3.05) is 0 Å². The van der Waals surface area contributed by atoms with Gasteiger partial charge in [-0.25, -0.2) is 0 Å². The van der Waals surface area contributed by atoms with Gasteiger partial charge in [0.25, 0.3) is 23.6 Å². The number of hydrazine groups is 2. The highest BCUT2D eigenvalue weighted by Crippen LogP contribution is 2.23. The van der Waals surface area contributed by atoms with Gasteiger partial charge >= 0.3 is 0 Å². The smallest absolute Gasteiger partial charge is 0.267 e. The van der Waals surface area contributed by atoms with E-state index in [1.54, 1.807) is 48.5 Å². The molecule has 0 aliphatic carbocycles. The van der Waals surface area contributed by atoms with Crippen LogP contribution >= 0.6 is 0 Å². The number of carbonyl (C=O) groups is 4. The molecule has 34 heavy (non-hydrogen) atoms. The second-order valence-corrected chi connectivity index (χ2v) is 6.95. The van der Waals surface area contributed by atoms with Crippen molar-refractivity contribution in [1.82, 2.24) is 31.7 Å². The fourth-order valence-corrected chi connectivity index (χ4v) is 3.18. The molecule has 0 aliphatic heterocycles. The predicted molar refractivity (Wildman–Crippen MR) is 122 cm³/mol. The first kappa shape index (κ1) is 22.1. The van der Waals surface area contributed by atoms with E-state index in [1.807, 2.05) is 0 Å². The van der Waals surface area contributed by atoms with Crippen LogP contribution < -0.4 is 21.7 Å². The number of hydrogen-bond acceptors (Lipinski definition) is 6. The van der Waals surface area contributed by atoms with Gasteiger partial charge in [-0.3, -0.25) is 50.8 Å². The lowest BCUT2D eigenvalue weighted by Gasteiger charge is -2.13. The van der Waals surface area contributed by atoms with Gasteiger partial charge in [0, 0.05) is 23.5 Å². The molecule has 2 heterocycles. The standard InChI is InChI=1S/C24H18N6O4/c31-21(27-29-23(33)19-9-3-5-13-25-19)17-11-12-18(16-8-2-1-7-15(16)17)22(32)28-30-24(34)20-10-4-6-14-26-20/h1-14H,(H,27,31)(H,28,32)(H,29,33)(H,30,34). The number of aromatic nitrogens is 2. The van der Waals surface area contributed by atoms with Gasteiger partial charge in [0.2, 0.25) is 0 Å². The van der Waals surface area contributed by atoms with Crippen LogP contribution in [0.2, 0.25) is 0 Å². The van der Waals surface area contributed by atoms with E-state index < -0.39 is 23.6 Å². The zero-order valence-electron chi connectivity index (χ0n) is 17.6. The zero-order chi connectivity index (χ0) is 23.9. The molecule has 0 saturated carbocycles. The second kappa shape index (κ2) is 10.0. The van der Waals surface area contributed by atoms with Crippen molar-refractivity contribution in [3.8, 4) is 0 Å². The van der Waals surface area contributed by atoms with E-state index in [0.29, 0.717) is 10.8 Å². The molecule has 0 radical (unpaired) electrons. The first-order valence-electron chi connectivity index (χ1n) is 10.1. The normalized spacial score (nSPS) is 10.2. The lowest BCUT2D eigenvalue weighted by molar-refractivity contribution is 0.0843. The number of nitrogens with zero attached hydrogens (tertiary/aromatic N) is 2. The highest BCUT2D eigenvalue weighted by atomic mass is 16.2. The van der Waals surface area contributed by atoms with Gasteiger partial charge in [-0.1, -0.05) is 36.4 Å². The summed E-state index contributed by atoms with van der Waals surface area (Å²) in [5.74, 6) is -2.29. The van der Waals surface area contributed by atoms with Crippen molar-refractivity contribution in [2.45, 2.75) is 0 Å². The van der Waals surface area contributed by atoms with Crippen LogP contribution in [-0.4, -0.2) is 33.6 Å². The van der Waals surface area contributed by atoms with Crippen molar-refractivity contribution in [1.29, 1.82) is 0 Å². The van der Waals surface area contributed by atoms with Crippen LogP contribution in [0.4, 0.5) is 0 Å². The molecule has 0 spiro atoms. The predicted octanol–water partition coefficient (Wildman–Crippen LogP) is 1.78. The van der Waals surface area contributed by atoms with Gasteiger partial charge in [-0.15, -0.1) is 0 Å². The SMILES string of the molecule is O=C(NNC(=O)c1ccc(C(=O)NNC(=O)c2ccccn2)c2ccccc12)c1ccccn1. The Bertz CT molecular complexity index is 1270.